The van der Waals surface area contributed by atoms with Gasteiger partial charge < -0.3 is 19.7 Å². The molecule has 4 bridgehead atoms. The Morgan fingerprint density at radius 2 is 2.04 bits per heavy atom. The quantitative estimate of drug-likeness (QED) is 0.545. The van der Waals surface area contributed by atoms with Gasteiger partial charge in [0.25, 0.3) is 0 Å². The van der Waals surface area contributed by atoms with Gasteiger partial charge in [0.2, 0.25) is 0 Å². The fourth-order valence-electron chi connectivity index (χ4n) is 4.26. The second-order valence-electron chi connectivity index (χ2n) is 8.26. The molecule has 3 rings (SSSR count). The summed E-state index contributed by atoms with van der Waals surface area (Å²) >= 11 is 0. The molecule has 0 aromatic heterocycles. The third-order valence-corrected chi connectivity index (χ3v) is 5.81. The Morgan fingerprint density at radius 1 is 1.33 bits per heavy atom. The third kappa shape index (κ3) is 3.63. The summed E-state index contributed by atoms with van der Waals surface area (Å²) in [6, 6.07) is 0. The number of hydrogen-bond acceptors (Lipinski definition) is 7. The van der Waals surface area contributed by atoms with Gasteiger partial charge in [0.15, 0.2) is 11.4 Å². The number of carbonyl (C=O) groups is 3. The highest BCUT2D eigenvalue weighted by molar-refractivity contribution is 5.96. The van der Waals surface area contributed by atoms with Crippen LogP contribution >= 0.6 is 0 Å². The summed E-state index contributed by atoms with van der Waals surface area (Å²) in [6.45, 7) is 6.77. The van der Waals surface area contributed by atoms with Crippen molar-refractivity contribution in [2.45, 2.75) is 69.4 Å². The van der Waals surface area contributed by atoms with Crippen LogP contribution in [0.1, 0.15) is 46.0 Å². The van der Waals surface area contributed by atoms with Gasteiger partial charge >= 0.3 is 5.97 Å². The van der Waals surface area contributed by atoms with Crippen LogP contribution in [0.4, 0.5) is 0 Å². The average Bonchev–Trinajstić information content (AvgIpc) is 2.97. The van der Waals surface area contributed by atoms with Crippen LogP contribution in [0.3, 0.4) is 0 Å². The molecule has 148 valence electrons. The summed E-state index contributed by atoms with van der Waals surface area (Å²) in [6.07, 6.45) is -0.00359. The zero-order valence-electron chi connectivity index (χ0n) is 15.7. The molecule has 5 atom stereocenters. The molecule has 0 aromatic rings. The number of allylic oxidation sites excluding steroid dienone is 2. The molecular formula is C20H26O7. The minimum atomic E-state index is -1.58. The molecule has 27 heavy (non-hydrogen) atoms. The van der Waals surface area contributed by atoms with Gasteiger partial charge in [-0.25, -0.2) is 4.79 Å². The number of aliphatic hydroxyl groups is 2. The lowest BCUT2D eigenvalue weighted by Crippen LogP contribution is -2.44. The summed E-state index contributed by atoms with van der Waals surface area (Å²) < 4.78 is 11.3. The zero-order chi connectivity index (χ0) is 20.0. The molecular weight excluding hydrogens is 352 g/mol. The fourth-order valence-corrected chi connectivity index (χ4v) is 4.26. The maximum atomic E-state index is 12.7. The number of esters is 1. The Labute approximate surface area is 158 Å². The molecule has 7 heteroatoms. The number of Topliss-reactive ketones (excluding diaryl/α,β-unsaturated/α-hetero) is 2. The van der Waals surface area contributed by atoms with Crippen LogP contribution in [0.5, 0.6) is 0 Å². The highest BCUT2D eigenvalue weighted by atomic mass is 16.6. The van der Waals surface area contributed by atoms with Gasteiger partial charge in [-0.3, -0.25) is 9.59 Å². The number of rotatable bonds is 2. The van der Waals surface area contributed by atoms with Crippen LogP contribution in [0.2, 0.25) is 0 Å². The average molecular weight is 378 g/mol. The van der Waals surface area contributed by atoms with Gasteiger partial charge in [0, 0.05) is 25.7 Å². The summed E-state index contributed by atoms with van der Waals surface area (Å²) in [7, 11) is 0. The predicted molar refractivity (Wildman–Crippen MR) is 94.7 cm³/mol. The summed E-state index contributed by atoms with van der Waals surface area (Å²) in [4.78, 5) is 37.5. The highest BCUT2D eigenvalue weighted by Crippen LogP contribution is 2.43. The van der Waals surface area contributed by atoms with Crippen LogP contribution in [0, 0.1) is 5.92 Å². The molecule has 3 aliphatic rings. The first-order valence-corrected chi connectivity index (χ1v) is 9.20. The van der Waals surface area contributed by atoms with Gasteiger partial charge in [0.1, 0.15) is 18.0 Å². The van der Waals surface area contributed by atoms with E-state index < -0.39 is 36.0 Å². The van der Waals surface area contributed by atoms with E-state index in [0.717, 1.165) is 5.57 Å². The molecule has 7 nitrogen and oxygen atoms in total. The smallest absolute Gasteiger partial charge is 0.336 e. The molecule has 0 unspecified atom stereocenters. The van der Waals surface area contributed by atoms with Crippen molar-refractivity contribution < 1.29 is 34.1 Å². The number of ether oxygens (including phenoxy) is 2. The van der Waals surface area contributed by atoms with Gasteiger partial charge in [0.05, 0.1) is 17.8 Å². The van der Waals surface area contributed by atoms with Crippen LogP contribution < -0.4 is 0 Å². The Hall–Kier alpha value is -1.83. The molecule has 2 saturated heterocycles. The van der Waals surface area contributed by atoms with Gasteiger partial charge in [-0.15, -0.1) is 0 Å². The molecule has 0 radical (unpaired) electrons. The van der Waals surface area contributed by atoms with Crippen LogP contribution in [0.25, 0.3) is 0 Å². The van der Waals surface area contributed by atoms with Crippen molar-refractivity contribution in [2.75, 3.05) is 6.61 Å². The topological polar surface area (TPSA) is 110 Å². The minimum Gasteiger partial charge on any atom is -0.456 e. The first kappa shape index (κ1) is 19.9. The van der Waals surface area contributed by atoms with Crippen molar-refractivity contribution in [1.82, 2.24) is 0 Å². The lowest BCUT2D eigenvalue weighted by molar-refractivity contribution is -0.162. The zero-order valence-corrected chi connectivity index (χ0v) is 15.7. The third-order valence-electron chi connectivity index (χ3n) is 5.81. The maximum Gasteiger partial charge on any atom is 0.336 e. The number of aliphatic hydroxyl groups excluding tert-OH is 2. The van der Waals surface area contributed by atoms with E-state index in [2.05, 4.69) is 6.58 Å². The molecule has 2 N–H and O–H groups in total. The SMILES string of the molecule is C=C(C)[C@@H]1C/C=C2\C(=O)O[C@@H](C[C@]3(C)CC(=O)[C@](CO)(CC(=O)C1)O3)[C@@H]2O. The van der Waals surface area contributed by atoms with E-state index in [1.54, 1.807) is 19.9 Å². The van der Waals surface area contributed by atoms with E-state index in [9.17, 15) is 24.6 Å². The number of carbonyl (C=O) groups excluding carboxylic acids is 3. The maximum absolute atomic E-state index is 12.7. The van der Waals surface area contributed by atoms with Crippen LogP contribution in [-0.4, -0.2) is 57.8 Å². The molecule has 2 fully saturated rings. The van der Waals surface area contributed by atoms with Gasteiger partial charge in [-0.2, -0.15) is 0 Å². The molecule has 3 heterocycles. The molecule has 0 aliphatic carbocycles. The minimum absolute atomic E-state index is 0.0232. The van der Waals surface area contributed by atoms with Crippen molar-refractivity contribution >= 4 is 17.5 Å². The van der Waals surface area contributed by atoms with Crippen molar-refractivity contribution in [3.8, 4) is 0 Å². The number of fused-ring (bicyclic) bond motifs is 4. The van der Waals surface area contributed by atoms with Crippen LogP contribution in [-0.2, 0) is 23.9 Å². The van der Waals surface area contributed by atoms with E-state index in [4.69, 9.17) is 9.47 Å². The fraction of sp³-hybridized carbons (Fsp3) is 0.650. The first-order chi connectivity index (χ1) is 12.6. The van der Waals surface area contributed by atoms with E-state index in [0.29, 0.717) is 6.42 Å². The summed E-state index contributed by atoms with van der Waals surface area (Å²) in [5, 5.41) is 20.4. The normalized spacial score (nSPS) is 41.9. The number of ketones is 2. The van der Waals surface area contributed by atoms with Crippen molar-refractivity contribution in [2.24, 2.45) is 5.92 Å². The molecule has 0 aromatic carbocycles. The second kappa shape index (κ2) is 6.96. The van der Waals surface area contributed by atoms with E-state index in [1.165, 1.54) is 0 Å². The lowest BCUT2D eigenvalue weighted by atomic mass is 9.84. The van der Waals surface area contributed by atoms with Crippen molar-refractivity contribution in [3.05, 3.63) is 23.8 Å². The first-order valence-electron chi connectivity index (χ1n) is 9.20. The molecule has 0 saturated carbocycles. The van der Waals surface area contributed by atoms with E-state index >= 15 is 0 Å². The predicted octanol–water partition coefficient (Wildman–Crippen LogP) is 1.01. The number of hydrogen-bond donors (Lipinski definition) is 2. The Balaban J connectivity index is 2.01. The van der Waals surface area contributed by atoms with Gasteiger partial charge in [-0.05, 0) is 26.2 Å². The molecule has 0 amide bonds. The van der Waals surface area contributed by atoms with Crippen molar-refractivity contribution in [1.29, 1.82) is 0 Å². The van der Waals surface area contributed by atoms with Gasteiger partial charge in [-0.1, -0.05) is 18.2 Å². The van der Waals surface area contributed by atoms with Crippen molar-refractivity contribution in [3.63, 3.8) is 0 Å². The summed E-state index contributed by atoms with van der Waals surface area (Å²) in [5.74, 6) is -1.40. The van der Waals surface area contributed by atoms with E-state index in [1.807, 2.05) is 0 Å². The molecule has 0 spiro atoms. The van der Waals surface area contributed by atoms with Crippen LogP contribution in [0.15, 0.2) is 23.8 Å². The molecule has 3 aliphatic heterocycles. The summed E-state index contributed by atoms with van der Waals surface area (Å²) in [5.41, 5.74) is -1.69. The second-order valence-corrected chi connectivity index (χ2v) is 8.26. The van der Waals surface area contributed by atoms with E-state index in [-0.39, 0.29) is 48.7 Å². The monoisotopic (exact) mass is 378 g/mol. The Kier molecular flexibility index (Phi) is 5.14. The highest BCUT2D eigenvalue weighted by Gasteiger charge is 2.56. The largest absolute Gasteiger partial charge is 0.456 e. The lowest BCUT2D eigenvalue weighted by Gasteiger charge is -2.32. The Morgan fingerprint density at radius 3 is 2.67 bits per heavy atom. The Bertz CT molecular complexity index is 724. The standard InChI is InChI=1S/C20H26O7/c1-11(2)12-4-5-14-17(24)15(26-18(14)25)8-19(3)9-16(23)20(10-21,27-19)7-13(22)6-12/h5,12,15,17,21,24H,1,4,6-10H2,2-3H3/b14-5-/t12-,15+,17-,19-,20-/m1/s1.